The van der Waals surface area contributed by atoms with Crippen molar-refractivity contribution in [2.24, 2.45) is 18.9 Å². The fraction of sp³-hybridized carbons (Fsp3) is 0.533. The number of aromatic nitrogens is 4. The van der Waals surface area contributed by atoms with E-state index in [4.69, 9.17) is 0 Å². The lowest BCUT2D eigenvalue weighted by Gasteiger charge is -2.46. The largest absolute Gasteiger partial charge is 0.321 e. The summed E-state index contributed by atoms with van der Waals surface area (Å²) in [6.07, 6.45) is 7.24. The maximum absolute atomic E-state index is 14.8. The number of rotatable bonds is 8. The van der Waals surface area contributed by atoms with E-state index in [0.717, 1.165) is 29.8 Å². The molecule has 9 heteroatoms. The second-order valence-electron chi connectivity index (χ2n) is 12.0. The molecule has 7 nitrogen and oxygen atoms in total. The molecule has 1 aromatic carbocycles. The number of carbonyl (C=O) groups excluding carboxylic acids is 1. The zero-order valence-electron chi connectivity index (χ0n) is 22.8. The number of benzene rings is 1. The van der Waals surface area contributed by atoms with Crippen LogP contribution in [0, 0.1) is 11.8 Å². The summed E-state index contributed by atoms with van der Waals surface area (Å²) < 4.78 is 31.5. The first-order valence-corrected chi connectivity index (χ1v) is 14.1. The smallest absolute Gasteiger partial charge is 0.290 e. The van der Waals surface area contributed by atoms with E-state index in [-0.39, 0.29) is 29.6 Å². The molecule has 206 valence electrons. The van der Waals surface area contributed by atoms with Gasteiger partial charge in [0.25, 0.3) is 11.8 Å². The molecule has 0 aliphatic heterocycles. The van der Waals surface area contributed by atoms with Crippen LogP contribution < -0.4 is 10.6 Å². The molecule has 2 N–H and O–H groups in total. The first kappa shape index (κ1) is 26.0. The van der Waals surface area contributed by atoms with Crippen molar-refractivity contribution >= 4 is 11.6 Å². The number of pyridine rings is 1. The molecule has 0 saturated heterocycles. The van der Waals surface area contributed by atoms with Crippen molar-refractivity contribution < 1.29 is 13.6 Å². The van der Waals surface area contributed by atoms with E-state index in [1.54, 1.807) is 12.4 Å². The van der Waals surface area contributed by atoms with Crippen LogP contribution in [0.5, 0.6) is 0 Å². The van der Waals surface area contributed by atoms with Crippen LogP contribution in [-0.4, -0.2) is 31.7 Å². The van der Waals surface area contributed by atoms with Gasteiger partial charge in [0.15, 0.2) is 0 Å². The van der Waals surface area contributed by atoms with E-state index in [1.165, 1.54) is 19.3 Å². The number of aryl methyl sites for hydroxylation is 1. The van der Waals surface area contributed by atoms with Gasteiger partial charge in [0.05, 0.1) is 5.41 Å². The number of carbonyl (C=O) groups is 1. The molecular formula is C30H36F2N6O. The summed E-state index contributed by atoms with van der Waals surface area (Å²) >= 11 is 0. The summed E-state index contributed by atoms with van der Waals surface area (Å²) in [5.74, 6) is -1.43. The zero-order chi connectivity index (χ0) is 27.4. The number of hydrogen-bond acceptors (Lipinski definition) is 5. The molecule has 2 saturated carbocycles. The van der Waals surface area contributed by atoms with Gasteiger partial charge in [-0.15, -0.1) is 10.2 Å². The molecule has 2 heterocycles. The summed E-state index contributed by atoms with van der Waals surface area (Å²) in [5.41, 5.74) is 2.48. The van der Waals surface area contributed by atoms with Crippen molar-refractivity contribution in [3.8, 4) is 0 Å². The first-order chi connectivity index (χ1) is 18.7. The average molecular weight is 535 g/mol. The van der Waals surface area contributed by atoms with Gasteiger partial charge in [-0.1, -0.05) is 25.5 Å². The molecule has 6 rings (SSSR count). The SMILES string of the molecule is CC1CC(c2cccc(NC(=O)c3cc(CN[C@@H](C)C4CCC4)c4c(n3)C(F)(F)CC4)c2)(c2nncn2C)C1. The number of nitrogens with zero attached hydrogens (tertiary/aromatic N) is 4. The Hall–Kier alpha value is -3.20. The molecule has 2 fully saturated rings. The molecule has 2 aromatic heterocycles. The van der Waals surface area contributed by atoms with Crippen molar-refractivity contribution in [1.82, 2.24) is 25.1 Å². The van der Waals surface area contributed by atoms with Crippen LogP contribution >= 0.6 is 0 Å². The molecule has 0 radical (unpaired) electrons. The molecule has 39 heavy (non-hydrogen) atoms. The molecule has 3 aliphatic rings. The van der Waals surface area contributed by atoms with Crippen LogP contribution in [0.4, 0.5) is 14.5 Å². The molecule has 3 aliphatic carbocycles. The highest BCUT2D eigenvalue weighted by atomic mass is 19.3. The lowest BCUT2D eigenvalue weighted by atomic mass is 9.58. The number of amides is 1. The Morgan fingerprint density at radius 1 is 1.23 bits per heavy atom. The van der Waals surface area contributed by atoms with Gasteiger partial charge in [0, 0.05) is 31.7 Å². The van der Waals surface area contributed by atoms with E-state index in [0.29, 0.717) is 35.7 Å². The topological polar surface area (TPSA) is 84.7 Å². The highest BCUT2D eigenvalue weighted by molar-refractivity contribution is 6.03. The summed E-state index contributed by atoms with van der Waals surface area (Å²) in [5, 5.41) is 14.9. The van der Waals surface area contributed by atoms with Crippen molar-refractivity contribution in [1.29, 1.82) is 0 Å². The monoisotopic (exact) mass is 534 g/mol. The first-order valence-electron chi connectivity index (χ1n) is 14.1. The molecular weight excluding hydrogens is 498 g/mol. The average Bonchev–Trinajstić information content (AvgIpc) is 3.42. The molecule has 0 spiro atoms. The van der Waals surface area contributed by atoms with Crippen LogP contribution in [0.15, 0.2) is 36.7 Å². The van der Waals surface area contributed by atoms with Crippen molar-refractivity contribution in [2.45, 2.75) is 82.7 Å². The maximum Gasteiger partial charge on any atom is 0.290 e. The second-order valence-corrected chi connectivity index (χ2v) is 12.0. The minimum absolute atomic E-state index is 0.0223. The van der Waals surface area contributed by atoms with E-state index < -0.39 is 11.8 Å². The quantitative estimate of drug-likeness (QED) is 0.399. The predicted octanol–water partition coefficient (Wildman–Crippen LogP) is 5.49. The number of halogens is 2. The molecule has 0 bridgehead atoms. The van der Waals surface area contributed by atoms with E-state index in [1.807, 2.05) is 29.8 Å². The van der Waals surface area contributed by atoms with Gasteiger partial charge in [-0.05, 0) is 85.8 Å². The number of nitrogens with one attached hydrogen (secondary N) is 2. The minimum Gasteiger partial charge on any atom is -0.321 e. The molecule has 0 unspecified atom stereocenters. The van der Waals surface area contributed by atoms with Crippen LogP contribution in [-0.2, 0) is 31.4 Å². The van der Waals surface area contributed by atoms with Gasteiger partial charge < -0.3 is 15.2 Å². The standard InChI is InChI=1S/C30H36F2N6O/c1-18-14-29(15-18,28-37-34-17-38(28)3)22-8-5-9-23(13-22)35-27(39)25-12-21(16-33-19(2)20-6-4-7-20)24-10-11-30(31,32)26(24)36-25/h5,8-9,12-13,17-20,33H,4,6-7,10-11,14-16H2,1-3H3,(H,35,39)/t18?,19-,29?/m0/s1. The third-order valence-corrected chi connectivity index (χ3v) is 9.16. The van der Waals surface area contributed by atoms with Gasteiger partial charge in [-0.25, -0.2) is 4.98 Å². The van der Waals surface area contributed by atoms with Crippen molar-refractivity contribution in [3.63, 3.8) is 0 Å². The Kier molecular flexibility index (Phi) is 6.52. The summed E-state index contributed by atoms with van der Waals surface area (Å²) in [7, 11) is 1.94. The Bertz CT molecular complexity index is 1390. The van der Waals surface area contributed by atoms with Crippen molar-refractivity contribution in [2.75, 3.05) is 5.32 Å². The third-order valence-electron chi connectivity index (χ3n) is 9.16. The maximum atomic E-state index is 14.8. The normalized spacial score (nSPS) is 24.5. The Morgan fingerprint density at radius 3 is 2.69 bits per heavy atom. The minimum atomic E-state index is -3.02. The lowest BCUT2D eigenvalue weighted by molar-refractivity contribution is -0.00602. The second kappa shape index (κ2) is 9.77. The molecule has 3 aromatic rings. The fourth-order valence-corrected chi connectivity index (χ4v) is 6.74. The molecule has 1 amide bonds. The van der Waals surface area contributed by atoms with Crippen molar-refractivity contribution in [3.05, 3.63) is 70.6 Å². The number of alkyl halides is 2. The highest BCUT2D eigenvalue weighted by Gasteiger charge is 2.48. The Balaban J connectivity index is 1.26. The van der Waals surface area contributed by atoms with Gasteiger partial charge in [-0.2, -0.15) is 8.78 Å². The third kappa shape index (κ3) is 4.64. The number of anilines is 1. The van der Waals surface area contributed by atoms with Crippen LogP contribution in [0.1, 0.15) is 91.1 Å². The fourth-order valence-electron chi connectivity index (χ4n) is 6.74. The van der Waals surface area contributed by atoms with Crippen LogP contribution in [0.3, 0.4) is 0 Å². The summed E-state index contributed by atoms with van der Waals surface area (Å²) in [6, 6.07) is 9.74. The molecule has 1 atom stereocenters. The Labute approximate surface area is 227 Å². The summed E-state index contributed by atoms with van der Waals surface area (Å²) in [6.45, 7) is 4.82. The highest BCUT2D eigenvalue weighted by Crippen LogP contribution is 2.51. The van der Waals surface area contributed by atoms with Crippen LogP contribution in [0.25, 0.3) is 0 Å². The van der Waals surface area contributed by atoms with Gasteiger partial charge in [-0.3, -0.25) is 4.79 Å². The Morgan fingerprint density at radius 2 is 2.03 bits per heavy atom. The number of hydrogen-bond donors (Lipinski definition) is 2. The number of fused-ring (bicyclic) bond motifs is 1. The summed E-state index contributed by atoms with van der Waals surface area (Å²) in [4.78, 5) is 17.6. The van der Waals surface area contributed by atoms with Gasteiger partial charge in [0.1, 0.15) is 23.5 Å². The van der Waals surface area contributed by atoms with Crippen LogP contribution in [0.2, 0.25) is 0 Å². The van der Waals surface area contributed by atoms with E-state index in [2.05, 4.69) is 45.7 Å². The van der Waals surface area contributed by atoms with Gasteiger partial charge >= 0.3 is 0 Å². The predicted molar refractivity (Wildman–Crippen MR) is 145 cm³/mol. The lowest BCUT2D eigenvalue weighted by Crippen LogP contribution is -2.43. The van der Waals surface area contributed by atoms with E-state index in [9.17, 15) is 13.6 Å². The zero-order valence-corrected chi connectivity index (χ0v) is 22.8. The van der Waals surface area contributed by atoms with Gasteiger partial charge in [0.2, 0.25) is 0 Å². The van der Waals surface area contributed by atoms with E-state index >= 15 is 0 Å².